The van der Waals surface area contributed by atoms with Crippen molar-refractivity contribution in [3.05, 3.63) is 100 Å². The fourth-order valence-electron chi connectivity index (χ4n) is 4.51. The van der Waals surface area contributed by atoms with Gasteiger partial charge in [0.2, 0.25) is 0 Å². The van der Waals surface area contributed by atoms with Crippen LogP contribution in [-0.2, 0) is 21.0 Å². The Labute approximate surface area is 221 Å². The summed E-state index contributed by atoms with van der Waals surface area (Å²) in [5, 5.41) is 0.549. The number of amides is 2. The number of nitrogens with zero attached hydrogens (tertiary/aromatic N) is 3. The van der Waals surface area contributed by atoms with E-state index in [2.05, 4.69) is 0 Å². The SMILES string of the molecule is COC1=CC2=C(CC(=O)OC[n+]3cccc(C(=O)N(C)C)c3)C(C)N(C(=O)c3ccc(Cl)cc3)C2C=C1. The molecule has 0 saturated heterocycles. The van der Waals surface area contributed by atoms with Crippen LogP contribution in [0, 0.1) is 0 Å². The zero-order valence-electron chi connectivity index (χ0n) is 21.2. The number of aromatic nitrogens is 1. The maximum absolute atomic E-state index is 13.5. The van der Waals surface area contributed by atoms with Gasteiger partial charge >= 0.3 is 5.97 Å². The van der Waals surface area contributed by atoms with E-state index < -0.39 is 5.97 Å². The Hall–Kier alpha value is -3.91. The number of rotatable bonds is 7. The molecule has 0 bridgehead atoms. The van der Waals surface area contributed by atoms with Gasteiger partial charge in [0.1, 0.15) is 11.3 Å². The number of benzene rings is 1. The van der Waals surface area contributed by atoms with E-state index in [-0.39, 0.29) is 37.0 Å². The summed E-state index contributed by atoms with van der Waals surface area (Å²) >= 11 is 6.00. The van der Waals surface area contributed by atoms with Crippen LogP contribution in [0.1, 0.15) is 34.1 Å². The number of esters is 1. The molecule has 2 heterocycles. The average Bonchev–Trinajstić information content (AvgIpc) is 3.17. The molecule has 9 heteroatoms. The summed E-state index contributed by atoms with van der Waals surface area (Å²) in [7, 11) is 4.93. The summed E-state index contributed by atoms with van der Waals surface area (Å²) in [6, 6.07) is 9.50. The van der Waals surface area contributed by atoms with Gasteiger partial charge in [-0.2, -0.15) is 4.57 Å². The van der Waals surface area contributed by atoms with Crippen molar-refractivity contribution in [3.63, 3.8) is 0 Å². The van der Waals surface area contributed by atoms with Crippen molar-refractivity contribution in [1.29, 1.82) is 0 Å². The van der Waals surface area contributed by atoms with Crippen LogP contribution in [0.5, 0.6) is 0 Å². The molecule has 1 aliphatic carbocycles. The molecule has 2 unspecified atom stereocenters. The van der Waals surface area contributed by atoms with E-state index in [0.717, 1.165) is 11.1 Å². The molecule has 192 valence electrons. The van der Waals surface area contributed by atoms with Gasteiger partial charge in [0.05, 0.1) is 25.6 Å². The average molecular weight is 523 g/mol. The predicted molar refractivity (Wildman–Crippen MR) is 137 cm³/mol. The summed E-state index contributed by atoms with van der Waals surface area (Å²) in [6.45, 7) is 1.86. The number of pyridine rings is 1. The predicted octanol–water partition coefficient (Wildman–Crippen LogP) is 3.53. The van der Waals surface area contributed by atoms with Crippen molar-refractivity contribution in [1.82, 2.24) is 9.80 Å². The van der Waals surface area contributed by atoms with E-state index in [9.17, 15) is 14.4 Å². The van der Waals surface area contributed by atoms with Crippen molar-refractivity contribution in [2.45, 2.75) is 32.2 Å². The second-order valence-corrected chi connectivity index (χ2v) is 9.50. The third-order valence-electron chi connectivity index (χ3n) is 6.43. The minimum absolute atomic E-state index is 0.00953. The van der Waals surface area contributed by atoms with E-state index >= 15 is 0 Å². The van der Waals surface area contributed by atoms with Crippen LogP contribution in [0.3, 0.4) is 0 Å². The number of hydrogen-bond donors (Lipinski definition) is 0. The highest BCUT2D eigenvalue weighted by Gasteiger charge is 2.41. The van der Waals surface area contributed by atoms with Crippen molar-refractivity contribution in [2.24, 2.45) is 0 Å². The smallest absolute Gasteiger partial charge is 0.314 e. The summed E-state index contributed by atoms with van der Waals surface area (Å²) in [5.41, 5.74) is 2.64. The van der Waals surface area contributed by atoms with Gasteiger partial charge < -0.3 is 19.3 Å². The van der Waals surface area contributed by atoms with Gasteiger partial charge in [-0.3, -0.25) is 14.4 Å². The summed E-state index contributed by atoms with van der Waals surface area (Å²) in [4.78, 5) is 41.9. The van der Waals surface area contributed by atoms with Crippen molar-refractivity contribution >= 4 is 29.4 Å². The first-order valence-electron chi connectivity index (χ1n) is 11.8. The lowest BCUT2D eigenvalue weighted by molar-refractivity contribution is -0.727. The van der Waals surface area contributed by atoms with Gasteiger partial charge in [-0.15, -0.1) is 0 Å². The second kappa shape index (κ2) is 11.0. The minimum atomic E-state index is -0.437. The molecular weight excluding hydrogens is 494 g/mol. The molecule has 0 saturated carbocycles. The highest BCUT2D eigenvalue weighted by molar-refractivity contribution is 6.30. The fraction of sp³-hybridized carbons (Fsp3) is 0.286. The molecule has 0 radical (unpaired) electrons. The first kappa shape index (κ1) is 26.2. The van der Waals surface area contributed by atoms with Crippen LogP contribution in [0.2, 0.25) is 5.02 Å². The topological polar surface area (TPSA) is 80.0 Å². The number of carbonyl (C=O) groups excluding carboxylic acids is 3. The molecule has 0 spiro atoms. The standard InChI is InChI=1S/C28H29ClN3O5/c1-18-23(15-26(33)37-17-31-13-5-6-20(16-31)27(34)30(2)3)24-14-22(36-4)11-12-25(24)32(18)28(35)19-7-9-21(29)10-8-19/h5-14,16,18,25H,15,17H2,1-4H3/q+1. The third kappa shape index (κ3) is 5.59. The van der Waals surface area contributed by atoms with E-state index in [1.807, 2.05) is 25.2 Å². The van der Waals surface area contributed by atoms with Crippen molar-refractivity contribution in [2.75, 3.05) is 21.2 Å². The Kier molecular flexibility index (Phi) is 7.78. The maximum Gasteiger partial charge on any atom is 0.314 e. The van der Waals surface area contributed by atoms with Gasteiger partial charge in [0.25, 0.3) is 18.5 Å². The molecule has 8 nitrogen and oxygen atoms in total. The van der Waals surface area contributed by atoms with Gasteiger partial charge in [0.15, 0.2) is 12.4 Å². The Bertz CT molecular complexity index is 1310. The molecule has 2 aliphatic rings. The summed E-state index contributed by atoms with van der Waals surface area (Å²) in [5.74, 6) is -0.0995. The lowest BCUT2D eigenvalue weighted by atomic mass is 9.96. The van der Waals surface area contributed by atoms with E-state index in [4.69, 9.17) is 21.1 Å². The number of fused-ring (bicyclic) bond motifs is 1. The van der Waals surface area contributed by atoms with Crippen LogP contribution in [0.25, 0.3) is 0 Å². The Morgan fingerprint density at radius 1 is 1.11 bits per heavy atom. The number of carbonyl (C=O) groups is 3. The fourth-order valence-corrected chi connectivity index (χ4v) is 4.64. The monoisotopic (exact) mass is 522 g/mol. The van der Waals surface area contributed by atoms with Crippen LogP contribution in [-0.4, -0.2) is 60.9 Å². The van der Waals surface area contributed by atoms with Crippen molar-refractivity contribution < 1.29 is 28.4 Å². The molecule has 2 aromatic rings. The Morgan fingerprint density at radius 3 is 2.51 bits per heavy atom. The Balaban J connectivity index is 1.52. The number of allylic oxidation sites excluding steroid dienone is 1. The summed E-state index contributed by atoms with van der Waals surface area (Å²) in [6.07, 6.45) is 8.96. The first-order chi connectivity index (χ1) is 17.7. The highest BCUT2D eigenvalue weighted by Crippen LogP contribution is 2.38. The zero-order valence-corrected chi connectivity index (χ0v) is 21.9. The molecule has 37 heavy (non-hydrogen) atoms. The quantitative estimate of drug-likeness (QED) is 0.410. The largest absolute Gasteiger partial charge is 0.497 e. The van der Waals surface area contributed by atoms with Crippen LogP contribution >= 0.6 is 11.6 Å². The van der Waals surface area contributed by atoms with Crippen molar-refractivity contribution in [3.8, 4) is 0 Å². The molecule has 2 amide bonds. The van der Waals surface area contributed by atoms with Crippen LogP contribution in [0.4, 0.5) is 0 Å². The lowest BCUT2D eigenvalue weighted by Gasteiger charge is -2.30. The van der Waals surface area contributed by atoms with Gasteiger partial charge in [-0.1, -0.05) is 17.7 Å². The first-order valence-corrected chi connectivity index (χ1v) is 12.2. The Morgan fingerprint density at radius 2 is 1.84 bits per heavy atom. The van der Waals surface area contributed by atoms with Crippen LogP contribution in [0.15, 0.2) is 83.9 Å². The second-order valence-electron chi connectivity index (χ2n) is 9.06. The van der Waals surface area contributed by atoms with E-state index in [0.29, 0.717) is 21.9 Å². The molecule has 1 aliphatic heterocycles. The third-order valence-corrected chi connectivity index (χ3v) is 6.69. The van der Waals surface area contributed by atoms with Crippen LogP contribution < -0.4 is 4.57 Å². The summed E-state index contributed by atoms with van der Waals surface area (Å²) < 4.78 is 12.6. The highest BCUT2D eigenvalue weighted by atomic mass is 35.5. The minimum Gasteiger partial charge on any atom is -0.497 e. The normalized spacial score (nSPS) is 18.3. The molecule has 4 rings (SSSR count). The molecule has 1 aromatic heterocycles. The molecular formula is C28H29ClN3O5+. The number of halogens is 1. The molecule has 0 N–H and O–H groups in total. The van der Waals surface area contributed by atoms with E-state index in [1.54, 1.807) is 79.5 Å². The van der Waals surface area contributed by atoms with E-state index in [1.165, 1.54) is 4.90 Å². The maximum atomic E-state index is 13.5. The lowest BCUT2D eigenvalue weighted by Crippen LogP contribution is -2.42. The molecule has 2 atom stereocenters. The number of hydrogen-bond acceptors (Lipinski definition) is 5. The number of methoxy groups -OCH3 is 1. The van der Waals surface area contributed by atoms with Gasteiger partial charge in [-0.05, 0) is 60.6 Å². The molecule has 1 aromatic carbocycles. The van der Waals surface area contributed by atoms with Gasteiger partial charge in [-0.25, -0.2) is 0 Å². The zero-order chi connectivity index (χ0) is 26.7. The number of ether oxygens (including phenoxy) is 2. The molecule has 0 fully saturated rings. The van der Waals surface area contributed by atoms with Gasteiger partial charge in [0, 0.05) is 30.7 Å².